The Balaban J connectivity index is 1.32. The van der Waals surface area contributed by atoms with Gasteiger partial charge in [-0.2, -0.15) is 0 Å². The Bertz CT molecular complexity index is 1270. The highest BCUT2D eigenvalue weighted by molar-refractivity contribution is 5.26. The monoisotopic (exact) mass is 553 g/mol. The van der Waals surface area contributed by atoms with Gasteiger partial charge >= 0.3 is 0 Å². The lowest BCUT2D eigenvalue weighted by atomic mass is 9.95. The van der Waals surface area contributed by atoms with Crippen molar-refractivity contribution in [2.45, 2.75) is 50.8 Å². The fourth-order valence-electron chi connectivity index (χ4n) is 5.00. The molecule has 0 aromatic heterocycles. The molecule has 5 rings (SSSR count). The second-order valence-corrected chi connectivity index (χ2v) is 10.2. The van der Waals surface area contributed by atoms with Crippen LogP contribution in [0.5, 0.6) is 5.75 Å². The predicted octanol–water partition coefficient (Wildman–Crippen LogP) is 5.94. The minimum atomic E-state index is -0.302. The molecule has 41 heavy (non-hydrogen) atoms. The smallest absolute Gasteiger partial charge is 0.118 e. The molecule has 0 bridgehead atoms. The molecule has 1 fully saturated rings. The summed E-state index contributed by atoms with van der Waals surface area (Å²) in [5, 5.41) is 3.65. The lowest BCUT2D eigenvalue weighted by Crippen LogP contribution is -2.63. The van der Waals surface area contributed by atoms with Crippen LogP contribution in [-0.2, 0) is 45.4 Å². The van der Waals surface area contributed by atoms with Crippen molar-refractivity contribution in [3.63, 3.8) is 0 Å². The van der Waals surface area contributed by atoms with Crippen molar-refractivity contribution in [2.75, 3.05) is 20.3 Å². The van der Waals surface area contributed by atoms with Gasteiger partial charge in [0.05, 0.1) is 52.3 Å². The topological polar surface area (TPSA) is 58.2 Å². The summed E-state index contributed by atoms with van der Waals surface area (Å²) in [5.41, 5.74) is 4.43. The molecule has 4 atom stereocenters. The van der Waals surface area contributed by atoms with Crippen LogP contribution in [0.15, 0.2) is 115 Å². The molecule has 1 heterocycles. The maximum Gasteiger partial charge on any atom is 0.118 e. The third-order valence-corrected chi connectivity index (χ3v) is 7.27. The molecule has 0 saturated carbocycles. The summed E-state index contributed by atoms with van der Waals surface area (Å²) in [6.07, 6.45) is -0.806. The molecule has 6 nitrogen and oxygen atoms in total. The normalized spacial score (nSPS) is 20.5. The Hall–Kier alpha value is -3.52. The van der Waals surface area contributed by atoms with Crippen molar-refractivity contribution in [2.24, 2.45) is 0 Å². The second-order valence-electron chi connectivity index (χ2n) is 10.2. The van der Waals surface area contributed by atoms with Crippen LogP contribution < -0.4 is 10.1 Å². The molecule has 0 aliphatic carbocycles. The molecule has 1 N–H and O–H groups in total. The zero-order chi connectivity index (χ0) is 28.1. The van der Waals surface area contributed by atoms with Crippen molar-refractivity contribution >= 4 is 0 Å². The summed E-state index contributed by atoms with van der Waals surface area (Å²) in [6.45, 7) is 3.06. The Labute approximate surface area is 243 Å². The Morgan fingerprint density at radius 3 is 1.61 bits per heavy atom. The molecule has 0 spiro atoms. The van der Waals surface area contributed by atoms with Gasteiger partial charge in [-0.25, -0.2) is 0 Å². The van der Waals surface area contributed by atoms with E-state index in [1.165, 1.54) is 0 Å². The minimum absolute atomic E-state index is 0.0657. The zero-order valence-electron chi connectivity index (χ0n) is 23.6. The van der Waals surface area contributed by atoms with Crippen LogP contribution >= 0.6 is 0 Å². The molecule has 4 aromatic rings. The van der Waals surface area contributed by atoms with E-state index in [9.17, 15) is 0 Å². The first-order chi connectivity index (χ1) is 20.3. The van der Waals surface area contributed by atoms with Crippen LogP contribution in [0.1, 0.15) is 22.3 Å². The minimum Gasteiger partial charge on any atom is -0.497 e. The van der Waals surface area contributed by atoms with Crippen LogP contribution in [-0.4, -0.2) is 44.6 Å². The highest BCUT2D eigenvalue weighted by atomic mass is 16.6. The molecular weight excluding hydrogens is 514 g/mol. The maximum absolute atomic E-state index is 6.64. The van der Waals surface area contributed by atoms with Crippen molar-refractivity contribution in [3.8, 4) is 5.75 Å². The van der Waals surface area contributed by atoms with E-state index in [0.29, 0.717) is 39.6 Å². The Morgan fingerprint density at radius 1 is 0.561 bits per heavy atom. The first-order valence-electron chi connectivity index (χ1n) is 14.2. The maximum atomic E-state index is 6.64. The average Bonchev–Trinajstić information content (AvgIpc) is 3.04. The second kappa shape index (κ2) is 15.5. The van der Waals surface area contributed by atoms with Gasteiger partial charge in [0, 0.05) is 6.54 Å². The quantitative estimate of drug-likeness (QED) is 0.209. The largest absolute Gasteiger partial charge is 0.497 e. The molecule has 1 aliphatic heterocycles. The summed E-state index contributed by atoms with van der Waals surface area (Å²) in [6, 6.07) is 38.6. The van der Waals surface area contributed by atoms with E-state index in [4.69, 9.17) is 23.7 Å². The standard InChI is InChI=1S/C35H39NO5/c1-37-31-19-17-30(18-20-31)23-39-33-21-36-32(26-38-22-27-11-5-2-6-12-27)34(40-24-28-13-7-3-8-14-28)35(33)41-25-29-15-9-4-10-16-29/h2-20,32-36H,21-26H2,1H3/t32-,33+,34-,35-/m1/s1. The molecule has 0 amide bonds. The first-order valence-corrected chi connectivity index (χ1v) is 14.2. The fraction of sp³-hybridized carbons (Fsp3) is 0.314. The lowest BCUT2D eigenvalue weighted by Gasteiger charge is -2.43. The summed E-state index contributed by atoms with van der Waals surface area (Å²) in [4.78, 5) is 0. The number of methoxy groups -OCH3 is 1. The molecule has 1 saturated heterocycles. The number of hydrogen-bond donors (Lipinski definition) is 1. The number of benzene rings is 4. The third-order valence-electron chi connectivity index (χ3n) is 7.27. The van der Waals surface area contributed by atoms with E-state index in [-0.39, 0.29) is 24.4 Å². The molecule has 4 aromatic carbocycles. The van der Waals surface area contributed by atoms with E-state index >= 15 is 0 Å². The van der Waals surface area contributed by atoms with Crippen LogP contribution in [0.2, 0.25) is 0 Å². The number of hydrogen-bond acceptors (Lipinski definition) is 6. The van der Waals surface area contributed by atoms with Crippen LogP contribution in [0.4, 0.5) is 0 Å². The van der Waals surface area contributed by atoms with Crippen molar-refractivity contribution in [1.82, 2.24) is 5.32 Å². The van der Waals surface area contributed by atoms with E-state index in [1.54, 1.807) is 7.11 Å². The van der Waals surface area contributed by atoms with E-state index < -0.39 is 0 Å². The summed E-state index contributed by atoms with van der Waals surface area (Å²) in [5.74, 6) is 0.824. The van der Waals surface area contributed by atoms with Gasteiger partial charge in [0.1, 0.15) is 18.0 Å². The number of rotatable bonds is 14. The number of ether oxygens (including phenoxy) is 5. The van der Waals surface area contributed by atoms with Crippen molar-refractivity contribution < 1.29 is 23.7 Å². The van der Waals surface area contributed by atoms with Gasteiger partial charge in [0.25, 0.3) is 0 Å². The summed E-state index contributed by atoms with van der Waals surface area (Å²) >= 11 is 0. The van der Waals surface area contributed by atoms with E-state index in [1.807, 2.05) is 78.9 Å². The predicted molar refractivity (Wildman–Crippen MR) is 159 cm³/mol. The molecule has 1 aliphatic rings. The van der Waals surface area contributed by atoms with Gasteiger partial charge in [-0.3, -0.25) is 0 Å². The zero-order valence-corrected chi connectivity index (χ0v) is 23.6. The summed E-state index contributed by atoms with van der Waals surface area (Å²) in [7, 11) is 1.67. The van der Waals surface area contributed by atoms with Crippen molar-refractivity contribution in [3.05, 3.63) is 138 Å². The molecule has 0 radical (unpaired) electrons. The van der Waals surface area contributed by atoms with Crippen LogP contribution in [0.3, 0.4) is 0 Å². The Morgan fingerprint density at radius 2 is 1.05 bits per heavy atom. The van der Waals surface area contributed by atoms with Crippen molar-refractivity contribution in [1.29, 1.82) is 0 Å². The number of nitrogens with one attached hydrogen (secondary N) is 1. The highest BCUT2D eigenvalue weighted by Gasteiger charge is 2.42. The number of piperidine rings is 1. The molecular formula is C35H39NO5. The van der Waals surface area contributed by atoms with Crippen LogP contribution in [0, 0.1) is 0 Å². The van der Waals surface area contributed by atoms with Crippen LogP contribution in [0.25, 0.3) is 0 Å². The summed E-state index contributed by atoms with van der Waals surface area (Å²) < 4.78 is 31.3. The van der Waals surface area contributed by atoms with Gasteiger partial charge in [-0.05, 0) is 34.4 Å². The first kappa shape index (κ1) is 29.0. The van der Waals surface area contributed by atoms with Gasteiger partial charge in [-0.1, -0.05) is 103 Å². The Kier molecular flexibility index (Phi) is 10.9. The van der Waals surface area contributed by atoms with E-state index in [2.05, 4.69) is 41.7 Å². The molecule has 214 valence electrons. The lowest BCUT2D eigenvalue weighted by molar-refractivity contribution is -0.181. The molecule has 6 heteroatoms. The van der Waals surface area contributed by atoms with Gasteiger partial charge in [0.15, 0.2) is 0 Å². The molecule has 0 unspecified atom stereocenters. The average molecular weight is 554 g/mol. The van der Waals surface area contributed by atoms with Gasteiger partial charge < -0.3 is 29.0 Å². The fourth-order valence-corrected chi connectivity index (χ4v) is 5.00. The SMILES string of the molecule is COc1ccc(CO[C@H]2CN[C@H](COCc3ccccc3)[C@@H](OCc3ccccc3)[C@@H]2OCc2ccccc2)cc1. The highest BCUT2D eigenvalue weighted by Crippen LogP contribution is 2.25. The van der Waals surface area contributed by atoms with Gasteiger partial charge in [-0.15, -0.1) is 0 Å². The third kappa shape index (κ3) is 8.73. The van der Waals surface area contributed by atoms with Gasteiger partial charge in [0.2, 0.25) is 0 Å². The van der Waals surface area contributed by atoms with E-state index in [0.717, 1.165) is 28.0 Å².